The van der Waals surface area contributed by atoms with Crippen molar-refractivity contribution in [1.82, 2.24) is 4.98 Å². The van der Waals surface area contributed by atoms with Crippen molar-refractivity contribution in [2.45, 2.75) is 71.0 Å². The molecule has 0 amide bonds. The van der Waals surface area contributed by atoms with Crippen molar-refractivity contribution in [2.75, 3.05) is 0 Å². The van der Waals surface area contributed by atoms with Gasteiger partial charge in [0.05, 0.1) is 6.10 Å². The standard InChI is InChI=1S/C22H27NO2/c1-14-12-16-4-3-5-20(16)15(2)22(14)17-10-11-23-21(13-17)25-19-8-6-18(24)7-9-19/h10-13,18-19,24H,3-9H2,1-2H3/t18-,19+. The van der Waals surface area contributed by atoms with Crippen LogP contribution in [0.5, 0.6) is 5.88 Å². The van der Waals surface area contributed by atoms with Gasteiger partial charge in [-0.2, -0.15) is 0 Å². The van der Waals surface area contributed by atoms with Crippen molar-refractivity contribution >= 4 is 0 Å². The van der Waals surface area contributed by atoms with Crippen LogP contribution in [-0.2, 0) is 12.8 Å². The summed E-state index contributed by atoms with van der Waals surface area (Å²) in [6.07, 6.45) is 9.03. The van der Waals surface area contributed by atoms with Gasteiger partial charge in [0.25, 0.3) is 0 Å². The summed E-state index contributed by atoms with van der Waals surface area (Å²) in [6.45, 7) is 4.47. The van der Waals surface area contributed by atoms with E-state index in [0.29, 0.717) is 5.88 Å². The molecule has 0 unspecified atom stereocenters. The van der Waals surface area contributed by atoms with Gasteiger partial charge in [-0.3, -0.25) is 0 Å². The summed E-state index contributed by atoms with van der Waals surface area (Å²) in [4.78, 5) is 4.43. The van der Waals surface area contributed by atoms with Crippen LogP contribution in [0.25, 0.3) is 11.1 Å². The molecule has 2 aliphatic carbocycles. The molecule has 1 heterocycles. The maximum absolute atomic E-state index is 9.65. The Kier molecular flexibility index (Phi) is 4.51. The molecular weight excluding hydrogens is 310 g/mol. The molecule has 2 aliphatic rings. The predicted octanol–water partition coefficient (Wildman–Crippen LogP) is 4.54. The first-order chi connectivity index (χ1) is 12.1. The highest BCUT2D eigenvalue weighted by Crippen LogP contribution is 2.36. The number of aliphatic hydroxyl groups excluding tert-OH is 1. The van der Waals surface area contributed by atoms with E-state index in [2.05, 4.69) is 37.0 Å². The second-order valence-corrected chi connectivity index (χ2v) is 7.62. The summed E-state index contributed by atoms with van der Waals surface area (Å²) >= 11 is 0. The Morgan fingerprint density at radius 1 is 1.08 bits per heavy atom. The van der Waals surface area contributed by atoms with Crippen LogP contribution in [0.1, 0.15) is 54.4 Å². The lowest BCUT2D eigenvalue weighted by Gasteiger charge is -2.25. The van der Waals surface area contributed by atoms with E-state index in [-0.39, 0.29) is 12.2 Å². The normalized spacial score (nSPS) is 22.7. The van der Waals surface area contributed by atoms with Crippen LogP contribution in [0.4, 0.5) is 0 Å². The lowest BCUT2D eigenvalue weighted by molar-refractivity contribution is 0.0644. The molecule has 3 heteroatoms. The molecule has 3 nitrogen and oxygen atoms in total. The highest BCUT2D eigenvalue weighted by molar-refractivity contribution is 5.73. The maximum atomic E-state index is 9.65. The molecule has 25 heavy (non-hydrogen) atoms. The van der Waals surface area contributed by atoms with E-state index in [1.54, 1.807) is 5.56 Å². The van der Waals surface area contributed by atoms with Crippen molar-refractivity contribution in [3.05, 3.63) is 46.6 Å². The molecule has 1 saturated carbocycles. The summed E-state index contributed by atoms with van der Waals surface area (Å²) in [7, 11) is 0. The highest BCUT2D eigenvalue weighted by atomic mass is 16.5. The van der Waals surface area contributed by atoms with Gasteiger partial charge in [-0.1, -0.05) is 6.07 Å². The van der Waals surface area contributed by atoms with Crippen LogP contribution < -0.4 is 4.74 Å². The average Bonchev–Trinajstić information content (AvgIpc) is 3.06. The van der Waals surface area contributed by atoms with Gasteiger partial charge in [-0.05, 0) is 98.2 Å². The lowest BCUT2D eigenvalue weighted by Crippen LogP contribution is -2.26. The molecule has 4 rings (SSSR count). The fourth-order valence-electron chi connectivity index (χ4n) is 4.54. The Hall–Kier alpha value is -1.87. The van der Waals surface area contributed by atoms with Gasteiger partial charge in [0.1, 0.15) is 6.10 Å². The van der Waals surface area contributed by atoms with Crippen LogP contribution >= 0.6 is 0 Å². The summed E-state index contributed by atoms with van der Waals surface area (Å²) in [5.74, 6) is 0.707. The van der Waals surface area contributed by atoms with Crippen LogP contribution in [0.2, 0.25) is 0 Å². The molecule has 2 aromatic rings. The predicted molar refractivity (Wildman–Crippen MR) is 100 cm³/mol. The summed E-state index contributed by atoms with van der Waals surface area (Å²) in [5.41, 5.74) is 8.38. The number of benzene rings is 1. The van der Waals surface area contributed by atoms with Crippen molar-refractivity contribution in [3.8, 4) is 17.0 Å². The van der Waals surface area contributed by atoms with E-state index in [1.165, 1.54) is 47.1 Å². The third-order valence-electron chi connectivity index (χ3n) is 5.83. The monoisotopic (exact) mass is 337 g/mol. The quantitative estimate of drug-likeness (QED) is 0.894. The van der Waals surface area contributed by atoms with E-state index in [4.69, 9.17) is 4.74 Å². The number of aryl methyl sites for hydroxylation is 2. The third kappa shape index (κ3) is 3.30. The van der Waals surface area contributed by atoms with Gasteiger partial charge >= 0.3 is 0 Å². The molecule has 132 valence electrons. The molecular formula is C22H27NO2. The van der Waals surface area contributed by atoms with Gasteiger partial charge in [-0.15, -0.1) is 0 Å². The largest absolute Gasteiger partial charge is 0.474 e. The van der Waals surface area contributed by atoms with E-state index in [9.17, 15) is 5.11 Å². The molecule has 0 aliphatic heterocycles. The molecule has 1 aromatic heterocycles. The zero-order valence-corrected chi connectivity index (χ0v) is 15.2. The molecule has 0 atom stereocenters. The summed E-state index contributed by atoms with van der Waals surface area (Å²) < 4.78 is 6.12. The smallest absolute Gasteiger partial charge is 0.214 e. The van der Waals surface area contributed by atoms with Gasteiger partial charge < -0.3 is 9.84 Å². The minimum Gasteiger partial charge on any atom is -0.474 e. The molecule has 0 spiro atoms. The number of nitrogens with zero attached hydrogens (tertiary/aromatic N) is 1. The molecule has 0 radical (unpaired) electrons. The maximum Gasteiger partial charge on any atom is 0.214 e. The number of ether oxygens (including phenoxy) is 1. The second kappa shape index (κ2) is 6.80. The van der Waals surface area contributed by atoms with Crippen LogP contribution in [0, 0.1) is 13.8 Å². The Morgan fingerprint density at radius 3 is 2.68 bits per heavy atom. The van der Waals surface area contributed by atoms with E-state index in [1.807, 2.05) is 6.20 Å². The van der Waals surface area contributed by atoms with Crippen molar-refractivity contribution in [1.29, 1.82) is 0 Å². The topological polar surface area (TPSA) is 42.4 Å². The first kappa shape index (κ1) is 16.6. The van der Waals surface area contributed by atoms with Crippen molar-refractivity contribution < 1.29 is 9.84 Å². The van der Waals surface area contributed by atoms with Crippen LogP contribution in [0.3, 0.4) is 0 Å². The lowest BCUT2D eigenvalue weighted by atomic mass is 9.90. The first-order valence-electron chi connectivity index (χ1n) is 9.55. The Bertz CT molecular complexity index is 776. The fourth-order valence-corrected chi connectivity index (χ4v) is 4.54. The number of pyridine rings is 1. The first-order valence-corrected chi connectivity index (χ1v) is 9.55. The van der Waals surface area contributed by atoms with Gasteiger partial charge in [-0.25, -0.2) is 4.98 Å². The minimum absolute atomic E-state index is 0.157. The molecule has 1 N–H and O–H groups in total. The number of aromatic nitrogens is 1. The Labute approximate surface area is 150 Å². The summed E-state index contributed by atoms with van der Waals surface area (Å²) in [6, 6.07) is 6.55. The molecule has 0 saturated heterocycles. The van der Waals surface area contributed by atoms with Crippen molar-refractivity contribution in [3.63, 3.8) is 0 Å². The fraction of sp³-hybridized carbons (Fsp3) is 0.500. The number of fused-ring (bicyclic) bond motifs is 1. The Morgan fingerprint density at radius 2 is 1.88 bits per heavy atom. The number of hydrogen-bond acceptors (Lipinski definition) is 3. The van der Waals surface area contributed by atoms with E-state index in [0.717, 1.165) is 25.7 Å². The van der Waals surface area contributed by atoms with Crippen LogP contribution in [-0.4, -0.2) is 22.3 Å². The highest BCUT2D eigenvalue weighted by Gasteiger charge is 2.22. The third-order valence-corrected chi connectivity index (χ3v) is 5.83. The van der Waals surface area contributed by atoms with E-state index >= 15 is 0 Å². The number of aliphatic hydroxyl groups is 1. The molecule has 0 bridgehead atoms. The summed E-state index contributed by atoms with van der Waals surface area (Å²) in [5, 5.41) is 9.65. The van der Waals surface area contributed by atoms with Gasteiger partial charge in [0.2, 0.25) is 5.88 Å². The number of hydrogen-bond donors (Lipinski definition) is 1. The minimum atomic E-state index is -0.157. The number of rotatable bonds is 3. The zero-order chi connectivity index (χ0) is 17.4. The average molecular weight is 337 g/mol. The molecule has 1 fully saturated rings. The van der Waals surface area contributed by atoms with Crippen molar-refractivity contribution in [2.24, 2.45) is 0 Å². The van der Waals surface area contributed by atoms with Gasteiger partial charge in [0, 0.05) is 12.3 Å². The zero-order valence-electron chi connectivity index (χ0n) is 15.2. The molecule has 1 aromatic carbocycles. The Balaban J connectivity index is 1.62. The van der Waals surface area contributed by atoms with Gasteiger partial charge in [0.15, 0.2) is 0 Å². The van der Waals surface area contributed by atoms with Crippen LogP contribution in [0.15, 0.2) is 24.4 Å². The second-order valence-electron chi connectivity index (χ2n) is 7.62. The SMILES string of the molecule is Cc1cc2c(c(C)c1-c1ccnc(O[C@H]3CC[C@@H](O)CC3)c1)CCC2. The van der Waals surface area contributed by atoms with E-state index < -0.39 is 0 Å².